The molecule has 3 aromatic rings. The zero-order valence-corrected chi connectivity index (χ0v) is 20.2. The molecular weight excluding hydrogens is 424 g/mol. The quantitative estimate of drug-likeness (QED) is 0.510. The second kappa shape index (κ2) is 10.0. The van der Waals surface area contributed by atoms with Gasteiger partial charge in [-0.1, -0.05) is 30.3 Å². The summed E-state index contributed by atoms with van der Waals surface area (Å²) in [5, 5.41) is 0. The summed E-state index contributed by atoms with van der Waals surface area (Å²) in [5.41, 5.74) is 5.66. The fraction of sp³-hybridized carbons (Fsp3) is 0.429. The molecule has 0 aliphatic carbocycles. The lowest BCUT2D eigenvalue weighted by molar-refractivity contribution is -0.110. The van der Waals surface area contributed by atoms with Crippen LogP contribution in [0.15, 0.2) is 59.2 Å². The van der Waals surface area contributed by atoms with Crippen molar-refractivity contribution in [2.45, 2.75) is 32.2 Å². The van der Waals surface area contributed by atoms with E-state index in [0.29, 0.717) is 11.8 Å². The molecule has 34 heavy (non-hydrogen) atoms. The van der Waals surface area contributed by atoms with Crippen LogP contribution in [0.1, 0.15) is 24.3 Å². The molecule has 0 bridgehead atoms. The molecular formula is C28H34N4O2. The number of hydrogen-bond donors (Lipinski definition) is 0. The van der Waals surface area contributed by atoms with E-state index in [1.165, 1.54) is 11.3 Å². The highest BCUT2D eigenvalue weighted by Crippen LogP contribution is 2.34. The molecule has 2 fully saturated rings. The van der Waals surface area contributed by atoms with Gasteiger partial charge < -0.3 is 23.9 Å². The summed E-state index contributed by atoms with van der Waals surface area (Å²) in [6.45, 7) is 7.04. The minimum absolute atomic E-state index is 0.116. The maximum absolute atomic E-state index is 12.4. The van der Waals surface area contributed by atoms with Gasteiger partial charge in [0.2, 0.25) is 0 Å². The van der Waals surface area contributed by atoms with E-state index in [9.17, 15) is 4.79 Å². The number of rotatable bonds is 6. The second-order valence-electron chi connectivity index (χ2n) is 9.64. The highest BCUT2D eigenvalue weighted by atomic mass is 16.3. The van der Waals surface area contributed by atoms with Crippen molar-refractivity contribution < 1.29 is 9.21 Å². The van der Waals surface area contributed by atoms with Crippen molar-refractivity contribution in [2.75, 3.05) is 49.6 Å². The summed E-state index contributed by atoms with van der Waals surface area (Å²) >= 11 is 0. The Morgan fingerprint density at radius 2 is 1.79 bits per heavy atom. The largest absolute Gasteiger partial charge is 0.449 e. The Morgan fingerprint density at radius 1 is 1.03 bits per heavy atom. The van der Waals surface area contributed by atoms with E-state index < -0.39 is 0 Å². The first-order chi connectivity index (χ1) is 16.6. The number of aromatic nitrogens is 1. The Hall–Kier alpha value is -3.12. The lowest BCUT2D eigenvalue weighted by atomic mass is 9.84. The SMILES string of the molecule is Cc1nc(-c2ccc(N3CCCC(Cc4ccccc4N4CCN(C)CC4)C3C=O)cc2)co1. The van der Waals surface area contributed by atoms with E-state index in [-0.39, 0.29) is 6.04 Å². The van der Waals surface area contributed by atoms with E-state index in [1.54, 1.807) is 6.26 Å². The van der Waals surface area contributed by atoms with Crippen LogP contribution in [0.25, 0.3) is 11.3 Å². The number of likely N-dealkylation sites (N-methyl/N-ethyl adjacent to an activating group) is 1. The van der Waals surface area contributed by atoms with E-state index in [4.69, 9.17) is 4.42 Å². The van der Waals surface area contributed by atoms with Gasteiger partial charge in [0, 0.05) is 56.6 Å². The minimum atomic E-state index is -0.116. The van der Waals surface area contributed by atoms with Crippen LogP contribution in [0.2, 0.25) is 0 Å². The normalized spacial score (nSPS) is 21.6. The molecule has 2 atom stereocenters. The van der Waals surface area contributed by atoms with E-state index in [2.05, 4.69) is 75.3 Å². The van der Waals surface area contributed by atoms with E-state index in [0.717, 1.165) is 75.2 Å². The number of piperazine rings is 1. The number of para-hydroxylation sites is 1. The van der Waals surface area contributed by atoms with Crippen LogP contribution in [0.3, 0.4) is 0 Å². The standard InChI is InChI=1S/C28H34N4O2/c1-21-29-26(20-34-21)22-9-11-25(12-10-22)32-13-5-7-24(28(32)19-33)18-23-6-3-4-8-27(23)31-16-14-30(2)15-17-31/h3-4,6,8-12,19-20,24,28H,5,7,13-18H2,1-2H3. The van der Waals surface area contributed by atoms with Gasteiger partial charge in [0.05, 0.1) is 6.04 Å². The van der Waals surface area contributed by atoms with Crippen molar-refractivity contribution in [2.24, 2.45) is 5.92 Å². The Morgan fingerprint density at radius 3 is 2.50 bits per heavy atom. The number of hydrogen-bond acceptors (Lipinski definition) is 6. The summed E-state index contributed by atoms with van der Waals surface area (Å²) in [6, 6.07) is 17.0. The molecule has 0 N–H and O–H groups in total. The number of aldehydes is 1. The molecule has 178 valence electrons. The number of aryl methyl sites for hydroxylation is 1. The third-order valence-corrected chi connectivity index (χ3v) is 7.39. The summed E-state index contributed by atoms with van der Waals surface area (Å²) < 4.78 is 5.36. The van der Waals surface area contributed by atoms with Crippen molar-refractivity contribution in [1.82, 2.24) is 9.88 Å². The van der Waals surface area contributed by atoms with Crippen LogP contribution in [-0.4, -0.2) is 62.0 Å². The molecule has 6 heteroatoms. The smallest absolute Gasteiger partial charge is 0.191 e. The van der Waals surface area contributed by atoms with E-state index in [1.807, 2.05) is 6.92 Å². The Balaban J connectivity index is 1.34. The summed E-state index contributed by atoms with van der Waals surface area (Å²) in [7, 11) is 2.19. The van der Waals surface area contributed by atoms with E-state index >= 15 is 0 Å². The van der Waals surface area contributed by atoms with Gasteiger partial charge in [0.15, 0.2) is 5.89 Å². The van der Waals surface area contributed by atoms with Gasteiger partial charge in [-0.25, -0.2) is 4.98 Å². The van der Waals surface area contributed by atoms with Gasteiger partial charge in [-0.3, -0.25) is 0 Å². The Labute approximate surface area is 202 Å². The Bertz CT molecular complexity index is 1100. The first kappa shape index (κ1) is 22.7. The topological polar surface area (TPSA) is 52.8 Å². The van der Waals surface area contributed by atoms with Gasteiger partial charge in [0.1, 0.15) is 18.2 Å². The van der Waals surface area contributed by atoms with Gasteiger partial charge in [0.25, 0.3) is 0 Å². The number of carbonyl (C=O) groups excluding carboxylic acids is 1. The average molecular weight is 459 g/mol. The highest BCUT2D eigenvalue weighted by molar-refractivity contribution is 5.70. The predicted octanol–water partition coefficient (Wildman–Crippen LogP) is 4.43. The van der Waals surface area contributed by atoms with Crippen LogP contribution in [0.5, 0.6) is 0 Å². The molecule has 0 amide bonds. The summed E-state index contributed by atoms with van der Waals surface area (Å²) in [6.07, 6.45) is 5.95. The van der Waals surface area contributed by atoms with Crippen LogP contribution < -0.4 is 9.80 Å². The number of piperidine rings is 1. The molecule has 2 aliphatic rings. The molecule has 0 spiro atoms. The fourth-order valence-electron chi connectivity index (χ4n) is 5.45. The second-order valence-corrected chi connectivity index (χ2v) is 9.64. The monoisotopic (exact) mass is 458 g/mol. The molecule has 6 nitrogen and oxygen atoms in total. The van der Waals surface area contributed by atoms with Crippen LogP contribution >= 0.6 is 0 Å². The lowest BCUT2D eigenvalue weighted by Crippen LogP contribution is -2.47. The molecule has 5 rings (SSSR count). The molecule has 3 heterocycles. The number of benzene rings is 2. The van der Waals surface area contributed by atoms with Crippen molar-refractivity contribution in [3.05, 3.63) is 66.2 Å². The van der Waals surface area contributed by atoms with Gasteiger partial charge in [-0.15, -0.1) is 0 Å². The summed E-state index contributed by atoms with van der Waals surface area (Å²) in [5.74, 6) is 0.966. The van der Waals surface area contributed by atoms with Crippen molar-refractivity contribution in [1.29, 1.82) is 0 Å². The molecule has 2 unspecified atom stereocenters. The third-order valence-electron chi connectivity index (χ3n) is 7.39. The van der Waals surface area contributed by atoms with Gasteiger partial charge >= 0.3 is 0 Å². The molecule has 2 aromatic carbocycles. The maximum Gasteiger partial charge on any atom is 0.191 e. The number of carbonyl (C=O) groups is 1. The van der Waals surface area contributed by atoms with Crippen LogP contribution in [0.4, 0.5) is 11.4 Å². The molecule has 1 aromatic heterocycles. The molecule has 0 radical (unpaired) electrons. The fourth-order valence-corrected chi connectivity index (χ4v) is 5.45. The van der Waals surface area contributed by atoms with Crippen molar-refractivity contribution in [3.8, 4) is 11.3 Å². The number of nitrogens with zero attached hydrogens (tertiary/aromatic N) is 4. The molecule has 2 aliphatic heterocycles. The van der Waals surface area contributed by atoms with Crippen LogP contribution in [0, 0.1) is 12.8 Å². The minimum Gasteiger partial charge on any atom is -0.449 e. The number of anilines is 2. The lowest BCUT2D eigenvalue weighted by Gasteiger charge is -2.41. The Kier molecular flexibility index (Phi) is 6.68. The van der Waals surface area contributed by atoms with Crippen molar-refractivity contribution >= 4 is 17.7 Å². The van der Waals surface area contributed by atoms with Gasteiger partial charge in [-0.2, -0.15) is 0 Å². The third kappa shape index (κ3) is 4.73. The van der Waals surface area contributed by atoms with Gasteiger partial charge in [-0.05, 0) is 56.0 Å². The van der Waals surface area contributed by atoms with Crippen LogP contribution in [-0.2, 0) is 11.2 Å². The van der Waals surface area contributed by atoms with Crippen molar-refractivity contribution in [3.63, 3.8) is 0 Å². The zero-order valence-electron chi connectivity index (χ0n) is 20.2. The molecule has 2 saturated heterocycles. The zero-order chi connectivity index (χ0) is 23.5. The predicted molar refractivity (Wildman–Crippen MR) is 136 cm³/mol. The highest BCUT2D eigenvalue weighted by Gasteiger charge is 2.32. The number of oxazole rings is 1. The summed E-state index contributed by atoms with van der Waals surface area (Å²) in [4.78, 5) is 24.0. The molecule has 0 saturated carbocycles. The average Bonchev–Trinajstić information content (AvgIpc) is 3.31. The first-order valence-electron chi connectivity index (χ1n) is 12.4. The first-order valence-corrected chi connectivity index (χ1v) is 12.4. The maximum atomic E-state index is 12.4.